The first-order chi connectivity index (χ1) is 8.81. The number of hydrogen-bond acceptors (Lipinski definition) is 5. The van der Waals surface area contributed by atoms with Crippen LogP contribution in [0.3, 0.4) is 0 Å². The van der Waals surface area contributed by atoms with E-state index in [-0.39, 0.29) is 12.8 Å². The first-order valence-corrected chi connectivity index (χ1v) is 6.06. The molecule has 2 amide bonds. The Morgan fingerprint density at radius 2 is 1.42 bits per heavy atom. The molecule has 0 aromatic carbocycles. The molecule has 8 heteroatoms. The first-order valence-electron chi connectivity index (χ1n) is 6.06. The predicted octanol–water partition coefficient (Wildman–Crippen LogP) is -1.35. The van der Waals surface area contributed by atoms with Crippen molar-refractivity contribution in [3.05, 3.63) is 0 Å². The second-order valence-corrected chi connectivity index (χ2v) is 4.02. The Labute approximate surface area is 112 Å². The van der Waals surface area contributed by atoms with Gasteiger partial charge in [0.05, 0.1) is 0 Å². The lowest BCUT2D eigenvalue weighted by molar-refractivity contribution is -0.138. The molecule has 0 radical (unpaired) electrons. The lowest BCUT2D eigenvalue weighted by Gasteiger charge is -2.03. The highest BCUT2D eigenvalue weighted by Gasteiger charge is 2.09. The maximum atomic E-state index is 10.1. The largest absolute Gasteiger partial charge is 0.480 e. The molecule has 0 aliphatic rings. The van der Waals surface area contributed by atoms with Gasteiger partial charge in [0.15, 0.2) is 0 Å². The van der Waals surface area contributed by atoms with E-state index in [9.17, 15) is 14.4 Å². The molecule has 0 aliphatic heterocycles. The van der Waals surface area contributed by atoms with Crippen LogP contribution in [0.2, 0.25) is 0 Å². The van der Waals surface area contributed by atoms with Crippen molar-refractivity contribution in [1.82, 2.24) is 0 Å². The standard InChI is InChI=1S/C6H14N2O2.C5H10N2O2/c7-4-2-1-3-5(8)6(9)10;6-4(8)2-1-3-5(7)9/h5H,1-4,7-8H2,(H,9,10);1-3H2,(H2,6,8)(H2,7,9)/t5-;/m0./s1. The van der Waals surface area contributed by atoms with Crippen LogP contribution in [-0.2, 0) is 14.4 Å². The summed E-state index contributed by atoms with van der Waals surface area (Å²) in [5, 5.41) is 8.33. The summed E-state index contributed by atoms with van der Waals surface area (Å²) in [5.41, 5.74) is 20.0. The van der Waals surface area contributed by atoms with Gasteiger partial charge in [-0.25, -0.2) is 0 Å². The van der Waals surface area contributed by atoms with Gasteiger partial charge in [-0.2, -0.15) is 0 Å². The molecule has 0 aromatic heterocycles. The molecule has 8 nitrogen and oxygen atoms in total. The van der Waals surface area contributed by atoms with Crippen molar-refractivity contribution in [3.8, 4) is 0 Å². The van der Waals surface area contributed by atoms with E-state index in [4.69, 9.17) is 28.0 Å². The van der Waals surface area contributed by atoms with Crippen LogP contribution in [0.25, 0.3) is 0 Å². The number of primary amides is 2. The molecule has 0 aromatic rings. The summed E-state index contributed by atoms with van der Waals surface area (Å²) in [4.78, 5) is 30.2. The number of carbonyl (C=O) groups excluding carboxylic acids is 2. The minimum atomic E-state index is -0.933. The summed E-state index contributed by atoms with van der Waals surface area (Å²) in [6, 6.07) is -0.716. The average Bonchev–Trinajstić information content (AvgIpc) is 2.28. The fraction of sp³-hybridized carbons (Fsp3) is 0.727. The highest BCUT2D eigenvalue weighted by atomic mass is 16.4. The van der Waals surface area contributed by atoms with Gasteiger partial charge in [0.25, 0.3) is 0 Å². The van der Waals surface area contributed by atoms with E-state index in [1.54, 1.807) is 0 Å². The fourth-order valence-corrected chi connectivity index (χ4v) is 1.07. The maximum absolute atomic E-state index is 10.1. The topological polar surface area (TPSA) is 176 Å². The van der Waals surface area contributed by atoms with Gasteiger partial charge in [0.1, 0.15) is 6.04 Å². The molecule has 0 saturated heterocycles. The number of hydrogen-bond donors (Lipinski definition) is 5. The smallest absolute Gasteiger partial charge is 0.320 e. The van der Waals surface area contributed by atoms with E-state index in [2.05, 4.69) is 0 Å². The third kappa shape index (κ3) is 18.9. The van der Waals surface area contributed by atoms with E-state index in [1.807, 2.05) is 0 Å². The zero-order valence-corrected chi connectivity index (χ0v) is 11.0. The van der Waals surface area contributed by atoms with E-state index in [1.165, 1.54) is 0 Å². The lowest BCUT2D eigenvalue weighted by atomic mass is 10.1. The quantitative estimate of drug-likeness (QED) is 0.325. The maximum Gasteiger partial charge on any atom is 0.320 e. The van der Waals surface area contributed by atoms with E-state index in [0.29, 0.717) is 19.4 Å². The first kappa shape index (κ1) is 19.7. The Morgan fingerprint density at radius 1 is 0.947 bits per heavy atom. The van der Waals surface area contributed by atoms with Crippen molar-refractivity contribution < 1.29 is 19.5 Å². The molecule has 0 unspecified atom stereocenters. The Kier molecular flexibility index (Phi) is 13.2. The number of carboxylic acids is 1. The Bertz CT molecular complexity index is 270. The van der Waals surface area contributed by atoms with E-state index < -0.39 is 23.8 Å². The SMILES string of the molecule is NC(=O)CCCC(N)=O.NCCCC[C@H](N)C(=O)O. The van der Waals surface area contributed by atoms with Gasteiger partial charge in [-0.05, 0) is 25.8 Å². The average molecular weight is 276 g/mol. The molecule has 112 valence electrons. The van der Waals surface area contributed by atoms with Gasteiger partial charge in [0, 0.05) is 12.8 Å². The van der Waals surface area contributed by atoms with Gasteiger partial charge in [-0.15, -0.1) is 0 Å². The van der Waals surface area contributed by atoms with Crippen molar-refractivity contribution >= 4 is 17.8 Å². The van der Waals surface area contributed by atoms with Gasteiger partial charge in [-0.3, -0.25) is 14.4 Å². The highest BCUT2D eigenvalue weighted by Crippen LogP contribution is 1.97. The van der Waals surface area contributed by atoms with Gasteiger partial charge in [0.2, 0.25) is 11.8 Å². The van der Waals surface area contributed by atoms with Crippen LogP contribution in [0, 0.1) is 0 Å². The second-order valence-electron chi connectivity index (χ2n) is 4.02. The van der Waals surface area contributed by atoms with Crippen molar-refractivity contribution in [2.45, 2.75) is 44.6 Å². The molecule has 9 N–H and O–H groups in total. The summed E-state index contributed by atoms with van der Waals surface area (Å²) >= 11 is 0. The molecule has 0 heterocycles. The second kappa shape index (κ2) is 12.8. The van der Waals surface area contributed by atoms with Crippen LogP contribution in [0.1, 0.15) is 38.5 Å². The minimum Gasteiger partial charge on any atom is -0.480 e. The molecule has 0 fully saturated rings. The van der Waals surface area contributed by atoms with Crippen LogP contribution in [0.4, 0.5) is 0 Å². The molecule has 0 rings (SSSR count). The summed E-state index contributed by atoms with van der Waals surface area (Å²) in [6.45, 7) is 0.604. The minimum absolute atomic E-state index is 0.239. The molecular weight excluding hydrogens is 252 g/mol. The Balaban J connectivity index is 0. The van der Waals surface area contributed by atoms with Crippen molar-refractivity contribution in [2.75, 3.05) is 6.54 Å². The molecule has 0 bridgehead atoms. The number of carbonyl (C=O) groups is 3. The summed E-state index contributed by atoms with van der Waals surface area (Å²) in [6.07, 6.45) is 3.11. The van der Waals surface area contributed by atoms with Crippen molar-refractivity contribution in [1.29, 1.82) is 0 Å². The predicted molar refractivity (Wildman–Crippen MR) is 70.8 cm³/mol. The van der Waals surface area contributed by atoms with E-state index in [0.717, 1.165) is 12.8 Å². The molecule has 0 spiro atoms. The van der Waals surface area contributed by atoms with Crippen LogP contribution < -0.4 is 22.9 Å². The third-order valence-electron chi connectivity index (χ3n) is 2.13. The highest BCUT2D eigenvalue weighted by molar-refractivity contribution is 5.76. The third-order valence-corrected chi connectivity index (χ3v) is 2.13. The van der Waals surface area contributed by atoms with Gasteiger partial charge in [-0.1, -0.05) is 6.42 Å². The number of rotatable bonds is 9. The lowest BCUT2D eigenvalue weighted by Crippen LogP contribution is -2.29. The zero-order valence-electron chi connectivity index (χ0n) is 11.0. The monoisotopic (exact) mass is 276 g/mol. The number of nitrogens with two attached hydrogens (primary N) is 4. The summed E-state index contributed by atoms with van der Waals surface area (Å²) in [7, 11) is 0. The normalized spacial score (nSPS) is 11.1. The Hall–Kier alpha value is -1.67. The van der Waals surface area contributed by atoms with Crippen LogP contribution in [-0.4, -0.2) is 35.5 Å². The number of amides is 2. The fourth-order valence-electron chi connectivity index (χ4n) is 1.07. The van der Waals surface area contributed by atoms with E-state index >= 15 is 0 Å². The van der Waals surface area contributed by atoms with Crippen LogP contribution in [0.15, 0.2) is 0 Å². The molecule has 0 aliphatic carbocycles. The van der Waals surface area contributed by atoms with Crippen LogP contribution >= 0.6 is 0 Å². The van der Waals surface area contributed by atoms with Crippen LogP contribution in [0.5, 0.6) is 0 Å². The molecule has 19 heavy (non-hydrogen) atoms. The number of carboxylic acid groups (broad SMARTS) is 1. The molecule has 0 saturated carbocycles. The number of aliphatic carboxylic acids is 1. The summed E-state index contributed by atoms with van der Waals surface area (Å²) < 4.78 is 0. The number of unbranched alkanes of at least 4 members (excludes halogenated alkanes) is 1. The zero-order chi connectivity index (χ0) is 15.3. The van der Waals surface area contributed by atoms with Gasteiger partial charge >= 0.3 is 5.97 Å². The Morgan fingerprint density at radius 3 is 1.74 bits per heavy atom. The molecule has 1 atom stereocenters. The van der Waals surface area contributed by atoms with Crippen molar-refractivity contribution in [2.24, 2.45) is 22.9 Å². The van der Waals surface area contributed by atoms with Crippen molar-refractivity contribution in [3.63, 3.8) is 0 Å². The van der Waals surface area contributed by atoms with Gasteiger partial charge < -0.3 is 28.0 Å². The molecular formula is C11H24N4O4. The summed E-state index contributed by atoms with van der Waals surface area (Å²) in [5.74, 6) is -1.72.